The SMILES string of the molecule is C[C@@H](Oc1ccccc1)C(=O)OCC(=O)Nc1ccc(F)c(Cl)c1. The Kier molecular flexibility index (Phi) is 6.14. The normalized spacial score (nSPS) is 11.5. The van der Waals surface area contributed by atoms with Crippen LogP contribution in [0.2, 0.25) is 5.02 Å². The Morgan fingerprint density at radius 3 is 2.58 bits per heavy atom. The molecule has 0 saturated heterocycles. The summed E-state index contributed by atoms with van der Waals surface area (Å²) in [6.45, 7) is 1.03. The number of anilines is 1. The molecule has 5 nitrogen and oxygen atoms in total. The van der Waals surface area contributed by atoms with E-state index in [0.717, 1.165) is 6.07 Å². The van der Waals surface area contributed by atoms with Gasteiger partial charge in [0.25, 0.3) is 5.91 Å². The fourth-order valence-electron chi connectivity index (χ4n) is 1.78. The molecule has 0 aromatic heterocycles. The molecule has 1 amide bonds. The molecule has 0 spiro atoms. The molecule has 1 N–H and O–H groups in total. The molecule has 0 unspecified atom stereocenters. The van der Waals surface area contributed by atoms with Crippen LogP contribution in [0.4, 0.5) is 10.1 Å². The number of rotatable bonds is 6. The largest absolute Gasteiger partial charge is 0.479 e. The van der Waals surface area contributed by atoms with Gasteiger partial charge in [-0.1, -0.05) is 29.8 Å². The zero-order valence-electron chi connectivity index (χ0n) is 12.8. The number of amides is 1. The average Bonchev–Trinajstić information content (AvgIpc) is 2.57. The number of hydrogen-bond donors (Lipinski definition) is 1. The van der Waals surface area contributed by atoms with Crippen molar-refractivity contribution in [2.75, 3.05) is 11.9 Å². The van der Waals surface area contributed by atoms with Crippen molar-refractivity contribution in [3.05, 3.63) is 59.4 Å². The molecular weight excluding hydrogens is 337 g/mol. The maximum Gasteiger partial charge on any atom is 0.347 e. The third-order valence-corrected chi connectivity index (χ3v) is 3.23. The molecule has 2 aromatic rings. The lowest BCUT2D eigenvalue weighted by molar-refractivity contribution is -0.153. The maximum absolute atomic E-state index is 13.0. The van der Waals surface area contributed by atoms with Gasteiger partial charge >= 0.3 is 5.97 Å². The fraction of sp³-hybridized carbons (Fsp3) is 0.176. The van der Waals surface area contributed by atoms with E-state index in [0.29, 0.717) is 11.4 Å². The Hall–Kier alpha value is -2.60. The van der Waals surface area contributed by atoms with Crippen LogP contribution in [0.5, 0.6) is 5.75 Å². The molecule has 0 bridgehead atoms. The number of ether oxygens (including phenoxy) is 2. The molecule has 2 aromatic carbocycles. The van der Waals surface area contributed by atoms with E-state index in [1.807, 2.05) is 6.07 Å². The monoisotopic (exact) mass is 351 g/mol. The second-order valence-corrected chi connectivity index (χ2v) is 5.27. The molecule has 126 valence electrons. The molecule has 2 rings (SSSR count). The minimum Gasteiger partial charge on any atom is -0.479 e. The van der Waals surface area contributed by atoms with E-state index < -0.39 is 30.4 Å². The third-order valence-electron chi connectivity index (χ3n) is 2.94. The number of halogens is 2. The van der Waals surface area contributed by atoms with E-state index in [9.17, 15) is 14.0 Å². The summed E-state index contributed by atoms with van der Waals surface area (Å²) in [6, 6.07) is 12.5. The summed E-state index contributed by atoms with van der Waals surface area (Å²) in [5.74, 6) is -1.32. The van der Waals surface area contributed by atoms with E-state index in [4.69, 9.17) is 21.1 Å². The van der Waals surface area contributed by atoms with Crippen LogP contribution in [0.1, 0.15) is 6.92 Å². The van der Waals surface area contributed by atoms with Gasteiger partial charge in [-0.25, -0.2) is 9.18 Å². The first kappa shape index (κ1) is 17.7. The van der Waals surface area contributed by atoms with Gasteiger partial charge in [0.05, 0.1) is 5.02 Å². The van der Waals surface area contributed by atoms with Crippen LogP contribution in [-0.2, 0) is 14.3 Å². The lowest BCUT2D eigenvalue weighted by atomic mass is 10.3. The first-order valence-electron chi connectivity index (χ1n) is 7.09. The minimum atomic E-state index is -0.861. The first-order chi connectivity index (χ1) is 11.5. The molecule has 7 heteroatoms. The van der Waals surface area contributed by atoms with Gasteiger partial charge in [0.1, 0.15) is 11.6 Å². The van der Waals surface area contributed by atoms with Crippen LogP contribution in [-0.4, -0.2) is 24.6 Å². The van der Waals surface area contributed by atoms with Gasteiger partial charge in [0.15, 0.2) is 12.7 Å². The van der Waals surface area contributed by atoms with Crippen LogP contribution in [0.15, 0.2) is 48.5 Å². The topological polar surface area (TPSA) is 64.6 Å². The predicted molar refractivity (Wildman–Crippen MR) is 87.5 cm³/mol. The van der Waals surface area contributed by atoms with Gasteiger partial charge in [-0.15, -0.1) is 0 Å². The molecule has 0 saturated carbocycles. The van der Waals surface area contributed by atoms with E-state index in [-0.39, 0.29) is 5.02 Å². The first-order valence-corrected chi connectivity index (χ1v) is 7.47. The molecule has 24 heavy (non-hydrogen) atoms. The Labute approximate surface area is 143 Å². The molecule has 0 aliphatic carbocycles. The number of carbonyl (C=O) groups excluding carboxylic acids is 2. The highest BCUT2D eigenvalue weighted by atomic mass is 35.5. The van der Waals surface area contributed by atoms with Crippen molar-refractivity contribution in [3.63, 3.8) is 0 Å². The van der Waals surface area contributed by atoms with Crippen LogP contribution in [0.25, 0.3) is 0 Å². The van der Waals surface area contributed by atoms with Crippen molar-refractivity contribution < 1.29 is 23.5 Å². The predicted octanol–water partition coefficient (Wildman–Crippen LogP) is 3.43. The zero-order chi connectivity index (χ0) is 17.5. The second kappa shape index (κ2) is 8.31. The van der Waals surface area contributed by atoms with E-state index in [1.54, 1.807) is 24.3 Å². The van der Waals surface area contributed by atoms with Crippen molar-refractivity contribution >= 4 is 29.2 Å². The van der Waals surface area contributed by atoms with Gasteiger partial charge in [0, 0.05) is 5.69 Å². The molecule has 0 heterocycles. The molecule has 0 aliphatic heterocycles. The summed E-state index contributed by atoms with van der Waals surface area (Å²) < 4.78 is 23.3. The minimum absolute atomic E-state index is 0.116. The van der Waals surface area contributed by atoms with Gasteiger partial charge in [-0.05, 0) is 37.3 Å². The van der Waals surface area contributed by atoms with E-state index >= 15 is 0 Å². The standard InChI is InChI=1S/C17H15ClFNO4/c1-11(24-13-5-3-2-4-6-13)17(22)23-10-16(21)20-12-7-8-15(19)14(18)9-12/h2-9,11H,10H2,1H3,(H,20,21)/t11-/m1/s1. The summed E-state index contributed by atoms with van der Waals surface area (Å²) in [5.41, 5.74) is 0.302. The quantitative estimate of drug-likeness (QED) is 0.810. The summed E-state index contributed by atoms with van der Waals surface area (Å²) in [4.78, 5) is 23.5. The highest BCUT2D eigenvalue weighted by Crippen LogP contribution is 2.19. The van der Waals surface area contributed by atoms with E-state index in [2.05, 4.69) is 5.32 Å². The van der Waals surface area contributed by atoms with Gasteiger partial charge in [-0.3, -0.25) is 4.79 Å². The average molecular weight is 352 g/mol. The summed E-state index contributed by atoms with van der Waals surface area (Å²) in [5, 5.41) is 2.33. The van der Waals surface area contributed by atoms with Crippen LogP contribution in [0, 0.1) is 5.82 Å². The fourth-order valence-corrected chi connectivity index (χ4v) is 1.96. The Morgan fingerprint density at radius 2 is 1.92 bits per heavy atom. The number of hydrogen-bond acceptors (Lipinski definition) is 4. The van der Waals surface area contributed by atoms with Crippen molar-refractivity contribution in [3.8, 4) is 5.75 Å². The number of para-hydroxylation sites is 1. The number of nitrogens with one attached hydrogen (secondary N) is 1. The summed E-state index contributed by atoms with van der Waals surface area (Å²) >= 11 is 5.62. The zero-order valence-corrected chi connectivity index (χ0v) is 13.5. The van der Waals surface area contributed by atoms with Gasteiger partial charge in [0.2, 0.25) is 0 Å². The smallest absolute Gasteiger partial charge is 0.347 e. The Morgan fingerprint density at radius 1 is 1.21 bits per heavy atom. The highest BCUT2D eigenvalue weighted by Gasteiger charge is 2.17. The second-order valence-electron chi connectivity index (χ2n) is 4.86. The summed E-state index contributed by atoms with van der Waals surface area (Å²) in [6.07, 6.45) is -0.861. The van der Waals surface area contributed by atoms with Crippen LogP contribution < -0.4 is 10.1 Å². The Balaban J connectivity index is 1.80. The van der Waals surface area contributed by atoms with Crippen molar-refractivity contribution in [2.24, 2.45) is 0 Å². The number of esters is 1. The Bertz CT molecular complexity index is 724. The number of benzene rings is 2. The van der Waals surface area contributed by atoms with E-state index in [1.165, 1.54) is 19.1 Å². The lowest BCUT2D eigenvalue weighted by Crippen LogP contribution is -2.29. The van der Waals surface area contributed by atoms with Crippen LogP contribution >= 0.6 is 11.6 Å². The van der Waals surface area contributed by atoms with Crippen LogP contribution in [0.3, 0.4) is 0 Å². The molecule has 1 atom stereocenters. The molecule has 0 aliphatic rings. The lowest BCUT2D eigenvalue weighted by Gasteiger charge is -2.14. The maximum atomic E-state index is 13.0. The third kappa shape index (κ3) is 5.24. The molecule has 0 fully saturated rings. The summed E-state index contributed by atoms with van der Waals surface area (Å²) in [7, 11) is 0. The van der Waals surface area contributed by atoms with Crippen molar-refractivity contribution in [1.82, 2.24) is 0 Å². The highest BCUT2D eigenvalue weighted by molar-refractivity contribution is 6.31. The molecule has 0 radical (unpaired) electrons. The van der Waals surface area contributed by atoms with Crippen molar-refractivity contribution in [2.45, 2.75) is 13.0 Å². The molecular formula is C17H15ClFNO4. The van der Waals surface area contributed by atoms with Crippen molar-refractivity contribution in [1.29, 1.82) is 0 Å². The number of carbonyl (C=O) groups is 2. The van der Waals surface area contributed by atoms with Gasteiger partial charge in [-0.2, -0.15) is 0 Å². The van der Waals surface area contributed by atoms with Gasteiger partial charge < -0.3 is 14.8 Å².